The van der Waals surface area contributed by atoms with Gasteiger partial charge in [-0.25, -0.2) is 0 Å². The minimum atomic E-state index is -4.71. The monoisotopic (exact) mass is 1150 g/mol. The molecule has 0 saturated carbocycles. The number of rotatable bonds is 7. The zero-order chi connectivity index (χ0) is 59.2. The second-order valence-corrected chi connectivity index (χ2v) is 23.2. The maximum absolute atomic E-state index is 16.3. The molecule has 4 aromatic heterocycles. The molecule has 9 heteroatoms. The molecule has 0 spiro atoms. The summed E-state index contributed by atoms with van der Waals surface area (Å²) in [4.78, 5) is 4.82. The Morgan fingerprint density at radius 3 is 0.843 bits per heavy atom. The Hall–Kier alpha value is -11.6. The highest BCUT2D eigenvalue weighted by atomic mass is 19.4. The summed E-state index contributed by atoms with van der Waals surface area (Å²) in [6.45, 7) is 1.79. The largest absolute Gasteiger partial charge is 0.416 e. The average Bonchev–Trinajstić information content (AvgIpc) is 1.47. The van der Waals surface area contributed by atoms with Gasteiger partial charge >= 0.3 is 6.18 Å². The Morgan fingerprint density at radius 2 is 0.528 bits per heavy atom. The van der Waals surface area contributed by atoms with Crippen LogP contribution in [-0.2, 0) is 6.18 Å². The number of para-hydroxylation sites is 13. The van der Waals surface area contributed by atoms with Crippen molar-refractivity contribution in [3.05, 3.63) is 302 Å². The van der Waals surface area contributed by atoms with E-state index in [9.17, 15) is 0 Å². The highest BCUT2D eigenvalue weighted by Crippen LogP contribution is 2.61. The molecule has 0 unspecified atom stereocenters. The average molecular weight is 1150 g/mol. The molecular formula is C80H51F3N6. The van der Waals surface area contributed by atoms with E-state index >= 15 is 13.2 Å². The molecular weight excluding hydrogens is 1100 g/mol. The lowest BCUT2D eigenvalue weighted by molar-refractivity contribution is -0.137. The van der Waals surface area contributed by atoms with Crippen LogP contribution < -0.4 is 9.80 Å². The van der Waals surface area contributed by atoms with E-state index in [1.54, 1.807) is 6.92 Å². The van der Waals surface area contributed by atoms with Crippen molar-refractivity contribution < 1.29 is 13.2 Å². The minimum Gasteiger partial charge on any atom is -0.306 e. The summed E-state index contributed by atoms with van der Waals surface area (Å²) in [5, 5.41) is 8.11. The van der Waals surface area contributed by atoms with Crippen LogP contribution in [0.1, 0.15) is 11.1 Å². The van der Waals surface area contributed by atoms with Crippen molar-refractivity contribution >= 4 is 121 Å². The van der Waals surface area contributed by atoms with E-state index in [1.807, 2.05) is 12.1 Å². The first-order valence-corrected chi connectivity index (χ1v) is 30.0. The molecule has 0 fully saturated rings. The number of benzene rings is 13. The number of fused-ring (bicyclic) bond motifs is 14. The predicted octanol–water partition coefficient (Wildman–Crippen LogP) is 22.3. The first kappa shape index (κ1) is 50.7. The Balaban J connectivity index is 1.23. The van der Waals surface area contributed by atoms with E-state index in [0.29, 0.717) is 28.1 Å². The molecule has 1 aliphatic heterocycles. The quantitative estimate of drug-likeness (QED) is 0.159. The van der Waals surface area contributed by atoms with Crippen LogP contribution in [0.2, 0.25) is 0 Å². The number of aromatic nitrogens is 4. The van der Waals surface area contributed by atoms with Crippen LogP contribution in [-0.4, -0.2) is 18.3 Å². The molecule has 5 heterocycles. The second kappa shape index (κ2) is 19.2. The minimum absolute atomic E-state index is 0.399. The number of halogens is 3. The zero-order valence-electron chi connectivity index (χ0n) is 48.0. The van der Waals surface area contributed by atoms with Crippen molar-refractivity contribution in [2.75, 3.05) is 9.80 Å². The number of hydrogen-bond donors (Lipinski definition) is 0. The van der Waals surface area contributed by atoms with E-state index < -0.39 is 11.7 Å². The van der Waals surface area contributed by atoms with Crippen LogP contribution in [0, 0.1) is 6.92 Å². The molecule has 0 aliphatic carbocycles. The number of aryl methyl sites for hydroxylation is 1. The van der Waals surface area contributed by atoms with Crippen LogP contribution in [0.15, 0.2) is 291 Å². The molecule has 0 bridgehead atoms. The van der Waals surface area contributed by atoms with Crippen LogP contribution in [0.4, 0.5) is 47.3 Å². The lowest BCUT2D eigenvalue weighted by atomic mass is 9.91. The van der Waals surface area contributed by atoms with Crippen LogP contribution in [0.5, 0.6) is 0 Å². The summed E-state index contributed by atoms with van der Waals surface area (Å²) in [5.41, 5.74) is 16.3. The smallest absolute Gasteiger partial charge is 0.306 e. The van der Waals surface area contributed by atoms with Gasteiger partial charge in [-0.05, 0) is 115 Å². The molecule has 6 nitrogen and oxygen atoms in total. The van der Waals surface area contributed by atoms with E-state index in [4.69, 9.17) is 0 Å². The lowest BCUT2D eigenvalue weighted by Gasteiger charge is -2.43. The van der Waals surface area contributed by atoms with Gasteiger partial charge in [-0.3, -0.25) is 0 Å². The van der Waals surface area contributed by atoms with Crippen molar-refractivity contribution in [1.29, 1.82) is 0 Å². The van der Waals surface area contributed by atoms with Gasteiger partial charge in [0.2, 0.25) is 0 Å². The van der Waals surface area contributed by atoms with Gasteiger partial charge in [-0.1, -0.05) is 194 Å². The van der Waals surface area contributed by atoms with Gasteiger partial charge in [0.15, 0.2) is 0 Å². The van der Waals surface area contributed by atoms with Crippen LogP contribution >= 0.6 is 0 Å². The number of hydrogen-bond acceptors (Lipinski definition) is 2. The summed E-state index contributed by atoms with van der Waals surface area (Å²) < 4.78 is 58.4. The van der Waals surface area contributed by atoms with Gasteiger partial charge < -0.3 is 28.1 Å². The number of nitrogens with zero attached hydrogens (tertiary/aromatic N) is 6. The van der Waals surface area contributed by atoms with Crippen molar-refractivity contribution in [3.8, 4) is 33.9 Å². The highest BCUT2D eigenvalue weighted by molar-refractivity contribution is 6.20. The third-order valence-corrected chi connectivity index (χ3v) is 18.2. The number of anilines is 6. The van der Waals surface area contributed by atoms with Crippen molar-refractivity contribution in [2.45, 2.75) is 13.1 Å². The maximum atomic E-state index is 16.3. The second-order valence-electron chi connectivity index (χ2n) is 23.2. The molecule has 18 rings (SSSR count). The van der Waals surface area contributed by atoms with E-state index in [2.05, 4.69) is 295 Å². The third-order valence-electron chi connectivity index (χ3n) is 18.2. The van der Waals surface area contributed by atoms with Crippen molar-refractivity contribution in [3.63, 3.8) is 0 Å². The van der Waals surface area contributed by atoms with Gasteiger partial charge in [0.25, 0.3) is 0 Å². The molecule has 1 aliphatic rings. The predicted molar refractivity (Wildman–Crippen MR) is 362 cm³/mol. The van der Waals surface area contributed by atoms with Crippen molar-refractivity contribution in [1.82, 2.24) is 18.3 Å². The summed E-state index contributed by atoms with van der Waals surface area (Å²) >= 11 is 0. The summed E-state index contributed by atoms with van der Waals surface area (Å²) in [6, 6.07) is 101. The van der Waals surface area contributed by atoms with Crippen LogP contribution in [0.3, 0.4) is 0 Å². The fourth-order valence-electron chi connectivity index (χ4n) is 14.8. The lowest BCUT2D eigenvalue weighted by Crippen LogP contribution is -2.27. The standard InChI is InChI=1S/C80H51F3N6/c1-50-47-51(49-52(48-50)80(81,82)83)74-75(85-62-35-13-5-27-54(62)55-28-6-14-36-63(55)85)77(87-66-39-17-9-31-58(66)59-32-10-18-40-67(59)87)79(89-72-45-23-21-43-70(72)84(53-25-3-2-4-26-53)71-44-22-24-46-73(71)89)78(88-68-41-19-11-33-60(68)61-34-12-20-42-69(61)88)76(74)86-64-37-15-7-29-56(64)57-30-8-16-38-65(57)86/h2-49H,1H3. The fourth-order valence-corrected chi connectivity index (χ4v) is 14.8. The Labute approximate surface area is 509 Å². The van der Waals surface area contributed by atoms with Gasteiger partial charge in [0, 0.05) is 54.3 Å². The Kier molecular flexibility index (Phi) is 11.0. The summed E-state index contributed by atoms with van der Waals surface area (Å²) in [7, 11) is 0. The molecule has 0 N–H and O–H groups in total. The van der Waals surface area contributed by atoms with Crippen LogP contribution in [0.25, 0.3) is 121 Å². The Bertz CT molecular complexity index is 5270. The van der Waals surface area contributed by atoms with E-state index in [1.165, 1.54) is 12.1 Å². The van der Waals surface area contributed by atoms with Gasteiger partial charge in [-0.15, -0.1) is 0 Å². The van der Waals surface area contributed by atoms with Gasteiger partial charge in [-0.2, -0.15) is 13.2 Å². The fraction of sp³-hybridized carbons (Fsp3) is 0.0250. The first-order chi connectivity index (χ1) is 43.8. The molecule has 13 aromatic carbocycles. The molecule has 89 heavy (non-hydrogen) atoms. The SMILES string of the molecule is Cc1cc(-c2c(-n3c4ccccc4c4ccccc43)c(-n3c4ccccc4c4ccccc43)c(N3c4ccccc4N(c4ccccc4)c4ccccc43)c(-n3c4ccccc4c4ccccc43)c2-n2c3ccccc3c3ccccc32)cc(C(F)(F)F)c1. The number of alkyl halides is 3. The molecule has 0 saturated heterocycles. The van der Waals surface area contributed by atoms with Gasteiger partial charge in [0.1, 0.15) is 0 Å². The molecule has 422 valence electrons. The molecule has 0 atom stereocenters. The third kappa shape index (κ3) is 7.33. The highest BCUT2D eigenvalue weighted by Gasteiger charge is 2.41. The molecule has 17 aromatic rings. The van der Waals surface area contributed by atoms with E-state index in [0.717, 1.165) is 133 Å². The summed E-state index contributed by atoms with van der Waals surface area (Å²) in [6.07, 6.45) is -4.71. The molecule has 0 amide bonds. The summed E-state index contributed by atoms with van der Waals surface area (Å²) in [5.74, 6) is 0. The molecule has 0 radical (unpaired) electrons. The topological polar surface area (TPSA) is 26.2 Å². The van der Waals surface area contributed by atoms with E-state index in [-0.39, 0.29) is 0 Å². The van der Waals surface area contributed by atoms with Gasteiger partial charge in [0.05, 0.1) is 101 Å². The first-order valence-electron chi connectivity index (χ1n) is 30.0. The Morgan fingerprint density at radius 1 is 0.258 bits per heavy atom. The normalized spacial score (nSPS) is 12.7. The van der Waals surface area contributed by atoms with Crippen molar-refractivity contribution in [2.24, 2.45) is 0 Å². The maximum Gasteiger partial charge on any atom is 0.416 e. The zero-order valence-corrected chi connectivity index (χ0v) is 48.0.